The molecule has 1 amide bonds. The van der Waals surface area contributed by atoms with Gasteiger partial charge in [0.15, 0.2) is 0 Å². The topological polar surface area (TPSA) is 70.9 Å². The van der Waals surface area contributed by atoms with Crippen LogP contribution in [0, 0.1) is 12.8 Å². The SMILES string of the molecule is Cc1cccc2[nH]cc(CCNC(=O)C(C)C(N)c3ccccc3)c12. The summed E-state index contributed by atoms with van der Waals surface area (Å²) in [5, 5.41) is 4.28. The highest BCUT2D eigenvalue weighted by atomic mass is 16.1. The monoisotopic (exact) mass is 335 g/mol. The highest BCUT2D eigenvalue weighted by Crippen LogP contribution is 2.22. The molecule has 2 unspecified atom stereocenters. The number of carbonyl (C=O) groups excluding carboxylic acids is 1. The smallest absolute Gasteiger partial charge is 0.224 e. The second-order valence-corrected chi connectivity index (χ2v) is 6.58. The summed E-state index contributed by atoms with van der Waals surface area (Å²) in [4.78, 5) is 15.7. The number of H-pyrrole nitrogens is 1. The van der Waals surface area contributed by atoms with E-state index in [2.05, 4.69) is 29.4 Å². The van der Waals surface area contributed by atoms with Crippen molar-refractivity contribution in [3.05, 3.63) is 71.4 Å². The largest absolute Gasteiger partial charge is 0.361 e. The Morgan fingerprint density at radius 3 is 2.68 bits per heavy atom. The number of fused-ring (bicyclic) bond motifs is 1. The van der Waals surface area contributed by atoms with E-state index in [1.54, 1.807) is 0 Å². The van der Waals surface area contributed by atoms with Gasteiger partial charge < -0.3 is 16.0 Å². The maximum atomic E-state index is 12.4. The molecule has 4 heteroatoms. The summed E-state index contributed by atoms with van der Waals surface area (Å²) >= 11 is 0. The Bertz CT molecular complexity index is 854. The number of amides is 1. The van der Waals surface area contributed by atoms with Crippen molar-refractivity contribution in [1.82, 2.24) is 10.3 Å². The summed E-state index contributed by atoms with van der Waals surface area (Å²) in [6.45, 7) is 4.59. The van der Waals surface area contributed by atoms with Crippen molar-refractivity contribution in [3.63, 3.8) is 0 Å². The molecule has 4 N–H and O–H groups in total. The fourth-order valence-corrected chi connectivity index (χ4v) is 3.26. The lowest BCUT2D eigenvalue weighted by molar-refractivity contribution is -0.125. The summed E-state index contributed by atoms with van der Waals surface area (Å²) < 4.78 is 0. The molecule has 0 aliphatic carbocycles. The number of hydrogen-bond acceptors (Lipinski definition) is 2. The lowest BCUT2D eigenvalue weighted by atomic mass is 9.94. The molecule has 3 aromatic rings. The number of aromatic amines is 1. The molecule has 2 aromatic carbocycles. The van der Waals surface area contributed by atoms with Crippen LogP contribution in [0.5, 0.6) is 0 Å². The van der Waals surface area contributed by atoms with Gasteiger partial charge in [-0.25, -0.2) is 0 Å². The van der Waals surface area contributed by atoms with Gasteiger partial charge in [-0.05, 0) is 36.1 Å². The lowest BCUT2D eigenvalue weighted by Gasteiger charge is -2.19. The average molecular weight is 335 g/mol. The molecular formula is C21H25N3O. The predicted molar refractivity (Wildman–Crippen MR) is 102 cm³/mol. The number of nitrogens with two attached hydrogens (primary N) is 1. The van der Waals surface area contributed by atoms with Crippen molar-refractivity contribution in [2.75, 3.05) is 6.54 Å². The Balaban J connectivity index is 1.59. The zero-order valence-corrected chi connectivity index (χ0v) is 14.8. The van der Waals surface area contributed by atoms with Crippen molar-refractivity contribution >= 4 is 16.8 Å². The highest BCUT2D eigenvalue weighted by molar-refractivity contribution is 5.86. The van der Waals surface area contributed by atoms with E-state index in [4.69, 9.17) is 5.73 Å². The number of carbonyl (C=O) groups is 1. The van der Waals surface area contributed by atoms with Gasteiger partial charge in [-0.2, -0.15) is 0 Å². The molecule has 3 rings (SSSR count). The standard InChI is InChI=1S/C21H25N3O/c1-14-7-6-10-18-19(14)17(13-24-18)11-12-23-21(25)15(2)20(22)16-8-4-3-5-9-16/h3-10,13,15,20,24H,11-12,22H2,1-2H3,(H,23,25). The Morgan fingerprint density at radius 2 is 1.92 bits per heavy atom. The van der Waals surface area contributed by atoms with Crippen molar-refractivity contribution in [1.29, 1.82) is 0 Å². The van der Waals surface area contributed by atoms with Crippen LogP contribution in [0.1, 0.15) is 29.7 Å². The number of aryl methyl sites for hydroxylation is 1. The second kappa shape index (κ2) is 7.53. The fraction of sp³-hybridized carbons (Fsp3) is 0.286. The first-order chi connectivity index (χ1) is 12.1. The predicted octanol–water partition coefficient (Wildman–Crippen LogP) is 3.47. The van der Waals surface area contributed by atoms with Gasteiger partial charge in [0.1, 0.15) is 0 Å². The van der Waals surface area contributed by atoms with E-state index in [1.165, 1.54) is 16.5 Å². The number of rotatable bonds is 6. The highest BCUT2D eigenvalue weighted by Gasteiger charge is 2.21. The maximum absolute atomic E-state index is 12.4. The molecule has 0 radical (unpaired) electrons. The van der Waals surface area contributed by atoms with Crippen LogP contribution in [0.4, 0.5) is 0 Å². The summed E-state index contributed by atoms with van der Waals surface area (Å²) in [6.07, 6.45) is 2.83. The summed E-state index contributed by atoms with van der Waals surface area (Å²) in [6, 6.07) is 15.7. The van der Waals surface area contributed by atoms with Gasteiger partial charge in [0, 0.05) is 29.7 Å². The molecule has 1 heterocycles. The molecular weight excluding hydrogens is 310 g/mol. The normalized spacial score (nSPS) is 13.6. The molecule has 0 spiro atoms. The molecule has 0 bridgehead atoms. The van der Waals surface area contributed by atoms with E-state index >= 15 is 0 Å². The fourth-order valence-electron chi connectivity index (χ4n) is 3.26. The first-order valence-corrected chi connectivity index (χ1v) is 8.71. The van der Waals surface area contributed by atoms with Crippen molar-refractivity contribution in [3.8, 4) is 0 Å². The number of benzene rings is 2. The van der Waals surface area contributed by atoms with E-state index < -0.39 is 0 Å². The minimum Gasteiger partial charge on any atom is -0.361 e. The molecule has 0 aliphatic rings. The van der Waals surface area contributed by atoms with E-state index in [0.29, 0.717) is 6.54 Å². The van der Waals surface area contributed by atoms with Crippen LogP contribution < -0.4 is 11.1 Å². The third-order valence-corrected chi connectivity index (χ3v) is 4.83. The summed E-state index contributed by atoms with van der Waals surface area (Å²) in [5.41, 5.74) is 10.8. The molecule has 4 nitrogen and oxygen atoms in total. The summed E-state index contributed by atoms with van der Waals surface area (Å²) in [5.74, 6) is -0.278. The minimum atomic E-state index is -0.295. The van der Waals surface area contributed by atoms with E-state index in [0.717, 1.165) is 17.5 Å². The third kappa shape index (κ3) is 3.74. The molecule has 0 aliphatic heterocycles. The van der Waals surface area contributed by atoms with Crippen molar-refractivity contribution in [2.24, 2.45) is 11.7 Å². The van der Waals surface area contributed by atoms with Crippen LogP contribution in [0.2, 0.25) is 0 Å². The van der Waals surface area contributed by atoms with Gasteiger partial charge >= 0.3 is 0 Å². The maximum Gasteiger partial charge on any atom is 0.224 e. The first kappa shape index (κ1) is 17.2. The Kier molecular flexibility index (Phi) is 5.19. The van der Waals surface area contributed by atoms with Crippen molar-refractivity contribution in [2.45, 2.75) is 26.3 Å². The van der Waals surface area contributed by atoms with Crippen LogP contribution in [0.3, 0.4) is 0 Å². The zero-order chi connectivity index (χ0) is 17.8. The first-order valence-electron chi connectivity index (χ1n) is 8.71. The second-order valence-electron chi connectivity index (χ2n) is 6.58. The van der Waals surface area contributed by atoms with Crippen LogP contribution in [0.25, 0.3) is 10.9 Å². The van der Waals surface area contributed by atoms with Gasteiger partial charge in [0.25, 0.3) is 0 Å². The van der Waals surface area contributed by atoms with Gasteiger partial charge in [-0.3, -0.25) is 4.79 Å². The molecule has 0 saturated carbocycles. The Labute approximate surface area is 148 Å². The molecule has 2 atom stereocenters. The van der Waals surface area contributed by atoms with Gasteiger partial charge in [-0.1, -0.05) is 49.4 Å². The molecule has 0 fully saturated rings. The Morgan fingerprint density at radius 1 is 1.16 bits per heavy atom. The zero-order valence-electron chi connectivity index (χ0n) is 14.8. The van der Waals surface area contributed by atoms with Gasteiger partial charge in [0.2, 0.25) is 5.91 Å². The van der Waals surface area contributed by atoms with Gasteiger partial charge in [-0.15, -0.1) is 0 Å². The summed E-state index contributed by atoms with van der Waals surface area (Å²) in [7, 11) is 0. The van der Waals surface area contributed by atoms with Crippen LogP contribution in [0.15, 0.2) is 54.7 Å². The van der Waals surface area contributed by atoms with Gasteiger partial charge in [0.05, 0.1) is 5.92 Å². The Hall–Kier alpha value is -2.59. The molecule has 25 heavy (non-hydrogen) atoms. The molecule has 130 valence electrons. The average Bonchev–Trinajstić information content (AvgIpc) is 3.05. The minimum absolute atomic E-state index is 0.00656. The number of aromatic nitrogens is 1. The molecule has 1 aromatic heterocycles. The number of nitrogens with one attached hydrogen (secondary N) is 2. The molecule has 0 saturated heterocycles. The van der Waals surface area contributed by atoms with E-state index in [9.17, 15) is 4.79 Å². The van der Waals surface area contributed by atoms with Crippen LogP contribution in [-0.4, -0.2) is 17.4 Å². The van der Waals surface area contributed by atoms with E-state index in [-0.39, 0.29) is 17.9 Å². The van der Waals surface area contributed by atoms with Crippen LogP contribution in [-0.2, 0) is 11.2 Å². The third-order valence-electron chi connectivity index (χ3n) is 4.83. The number of hydrogen-bond donors (Lipinski definition) is 3. The van der Waals surface area contributed by atoms with Crippen LogP contribution >= 0.6 is 0 Å². The lowest BCUT2D eigenvalue weighted by Crippen LogP contribution is -2.36. The van der Waals surface area contributed by atoms with E-state index in [1.807, 2.05) is 49.5 Å². The quantitative estimate of drug-likeness (QED) is 0.645. The van der Waals surface area contributed by atoms with Crippen molar-refractivity contribution < 1.29 is 4.79 Å².